The Labute approximate surface area is 170 Å². The molecule has 0 atom stereocenters. The third-order valence-corrected chi connectivity index (χ3v) is 4.47. The molecule has 0 bridgehead atoms. The highest BCUT2D eigenvalue weighted by molar-refractivity contribution is 6.34. The maximum absolute atomic E-state index is 12.5. The molecule has 0 aliphatic heterocycles. The number of hydrogen-bond acceptors (Lipinski definition) is 5. The van der Waals surface area contributed by atoms with E-state index in [2.05, 4.69) is 5.32 Å². The van der Waals surface area contributed by atoms with Gasteiger partial charge < -0.3 is 19.6 Å². The van der Waals surface area contributed by atoms with Crippen molar-refractivity contribution in [2.75, 3.05) is 13.2 Å². The number of halogens is 1. The molecule has 1 heterocycles. The molecule has 3 aromatic rings. The molecule has 0 aliphatic carbocycles. The minimum Gasteiger partial charge on any atom is -0.493 e. The molecule has 0 spiro atoms. The fourth-order valence-electron chi connectivity index (χ4n) is 2.76. The van der Waals surface area contributed by atoms with E-state index in [0.717, 1.165) is 5.56 Å². The van der Waals surface area contributed by atoms with E-state index < -0.39 is 11.9 Å². The molecule has 2 N–H and O–H groups in total. The summed E-state index contributed by atoms with van der Waals surface area (Å²) in [5.74, 6) is -1.76. The quantitative estimate of drug-likeness (QED) is 0.472. The normalized spacial score (nSPS) is 10.7. The first-order valence-electron chi connectivity index (χ1n) is 8.84. The van der Waals surface area contributed by atoms with Gasteiger partial charge in [0.2, 0.25) is 0 Å². The van der Waals surface area contributed by atoms with E-state index in [1.807, 2.05) is 19.1 Å². The van der Waals surface area contributed by atoms with Crippen LogP contribution in [-0.4, -0.2) is 30.1 Å². The van der Waals surface area contributed by atoms with Gasteiger partial charge in [-0.15, -0.1) is 0 Å². The molecule has 7 nitrogen and oxygen atoms in total. The number of nitrogens with one attached hydrogen (secondary N) is 1. The van der Waals surface area contributed by atoms with Crippen molar-refractivity contribution in [2.24, 2.45) is 0 Å². The van der Waals surface area contributed by atoms with Crippen LogP contribution in [0.1, 0.15) is 12.0 Å². The van der Waals surface area contributed by atoms with Crippen molar-refractivity contribution < 1.29 is 23.8 Å². The van der Waals surface area contributed by atoms with Crippen LogP contribution in [0.15, 0.2) is 51.7 Å². The van der Waals surface area contributed by atoms with E-state index in [-0.39, 0.29) is 18.6 Å². The first kappa shape index (κ1) is 20.4. The van der Waals surface area contributed by atoms with Crippen molar-refractivity contribution in [1.29, 1.82) is 0 Å². The smallest absolute Gasteiger partial charge is 0.394 e. The van der Waals surface area contributed by atoms with Crippen molar-refractivity contribution in [1.82, 2.24) is 5.32 Å². The molecule has 3 rings (SSSR count). The van der Waals surface area contributed by atoms with Crippen molar-refractivity contribution in [3.8, 4) is 17.1 Å². The number of carboxylic acid groups (broad SMARTS) is 1. The Morgan fingerprint density at radius 1 is 1.21 bits per heavy atom. The largest absolute Gasteiger partial charge is 0.493 e. The number of fused-ring (bicyclic) bond motifs is 1. The topological polar surface area (TPSA) is 106 Å². The highest BCUT2D eigenvalue weighted by atomic mass is 35.5. The summed E-state index contributed by atoms with van der Waals surface area (Å²) >= 11 is 6.18. The third-order valence-electron chi connectivity index (χ3n) is 4.17. The number of amides is 1. The first-order valence-corrected chi connectivity index (χ1v) is 9.22. The van der Waals surface area contributed by atoms with E-state index in [1.54, 1.807) is 24.3 Å². The lowest BCUT2D eigenvalue weighted by molar-refractivity contribution is -0.150. The number of rotatable bonds is 6. The van der Waals surface area contributed by atoms with Gasteiger partial charge in [0.15, 0.2) is 11.0 Å². The van der Waals surface area contributed by atoms with Crippen molar-refractivity contribution >= 4 is 34.4 Å². The van der Waals surface area contributed by atoms with Gasteiger partial charge in [-0.3, -0.25) is 9.59 Å². The van der Waals surface area contributed by atoms with Gasteiger partial charge in [-0.1, -0.05) is 23.7 Å². The van der Waals surface area contributed by atoms with Crippen LogP contribution in [0, 0.1) is 6.92 Å². The van der Waals surface area contributed by atoms with Crippen molar-refractivity contribution in [2.45, 2.75) is 13.3 Å². The fraction of sp³-hybridized carbons (Fsp3) is 0.190. The second-order valence-electron chi connectivity index (χ2n) is 6.35. The van der Waals surface area contributed by atoms with Crippen molar-refractivity contribution in [3.63, 3.8) is 0 Å². The molecule has 0 saturated carbocycles. The van der Waals surface area contributed by atoms with E-state index in [9.17, 15) is 14.4 Å². The van der Waals surface area contributed by atoms with E-state index in [4.69, 9.17) is 25.9 Å². The van der Waals surface area contributed by atoms with Gasteiger partial charge >= 0.3 is 11.9 Å². The molecule has 8 heteroatoms. The first-order chi connectivity index (χ1) is 13.9. The second-order valence-corrected chi connectivity index (χ2v) is 6.76. The van der Waals surface area contributed by atoms with Crippen LogP contribution in [0.5, 0.6) is 5.75 Å². The fourth-order valence-corrected chi connectivity index (χ4v) is 2.97. The predicted octanol–water partition coefficient (Wildman–Crippen LogP) is 3.39. The summed E-state index contributed by atoms with van der Waals surface area (Å²) in [6.45, 7) is 2.29. The predicted molar refractivity (Wildman–Crippen MR) is 108 cm³/mol. The zero-order valence-electron chi connectivity index (χ0n) is 15.5. The van der Waals surface area contributed by atoms with Gasteiger partial charge in [0.1, 0.15) is 11.5 Å². The minimum atomic E-state index is -1.53. The average Bonchev–Trinajstić information content (AvgIpc) is 2.68. The van der Waals surface area contributed by atoms with Gasteiger partial charge in [-0.25, -0.2) is 4.79 Å². The molecule has 29 heavy (non-hydrogen) atoms. The van der Waals surface area contributed by atoms with Gasteiger partial charge in [-0.05, 0) is 43.2 Å². The summed E-state index contributed by atoms with van der Waals surface area (Å²) in [5.41, 5.74) is 1.62. The summed E-state index contributed by atoms with van der Waals surface area (Å²) in [6.07, 6.45) is 0.403. The number of aryl methyl sites for hydroxylation is 1. The summed E-state index contributed by atoms with van der Waals surface area (Å²) in [4.78, 5) is 34.0. The number of carbonyl (C=O) groups is 2. The molecular formula is C21H18ClNO6. The molecule has 0 unspecified atom stereocenters. The van der Waals surface area contributed by atoms with E-state index in [1.165, 1.54) is 6.07 Å². The zero-order chi connectivity index (χ0) is 21.0. The molecular weight excluding hydrogens is 398 g/mol. The molecule has 150 valence electrons. The lowest BCUT2D eigenvalue weighted by atomic mass is 10.1. The molecule has 2 aromatic carbocycles. The second kappa shape index (κ2) is 8.79. The highest BCUT2D eigenvalue weighted by Crippen LogP contribution is 2.33. The molecule has 0 aliphatic rings. The number of para-hydroxylation sites is 1. The number of carbonyl (C=O) groups excluding carboxylic acids is 1. The summed E-state index contributed by atoms with van der Waals surface area (Å²) in [7, 11) is 0. The Bertz CT molecular complexity index is 1140. The van der Waals surface area contributed by atoms with Crippen LogP contribution in [0.2, 0.25) is 5.02 Å². The molecule has 0 fully saturated rings. The third kappa shape index (κ3) is 4.75. The minimum absolute atomic E-state index is 0.160. The number of aliphatic carboxylic acids is 1. The Balaban J connectivity index is 1.83. The lowest BCUT2D eigenvalue weighted by Crippen LogP contribution is -2.31. The summed E-state index contributed by atoms with van der Waals surface area (Å²) in [5, 5.41) is 11.5. The van der Waals surface area contributed by atoms with Crippen LogP contribution in [0.25, 0.3) is 22.3 Å². The van der Waals surface area contributed by atoms with Crippen LogP contribution < -0.4 is 15.5 Å². The Hall–Kier alpha value is -3.32. The standard InChI is InChI=1S/C21H18ClNO6/c1-12-6-7-14(17(10-12)28-9-3-8-23-20(25)21(26)27)18-11-16(24)13-4-2-5-15(22)19(13)29-18/h2,4-7,10-11H,3,8-9H2,1H3,(H,23,25)(H,26,27). The Kier molecular flexibility index (Phi) is 6.19. The Morgan fingerprint density at radius 3 is 2.76 bits per heavy atom. The number of hydrogen-bond donors (Lipinski definition) is 2. The molecule has 1 aromatic heterocycles. The SMILES string of the molecule is Cc1ccc(-c2cc(=O)c3cccc(Cl)c3o2)c(OCCCNC(=O)C(=O)O)c1. The maximum atomic E-state index is 12.5. The zero-order valence-corrected chi connectivity index (χ0v) is 16.3. The lowest BCUT2D eigenvalue weighted by Gasteiger charge is -2.13. The van der Waals surface area contributed by atoms with Crippen LogP contribution in [0.3, 0.4) is 0 Å². The number of carboxylic acids is 1. The number of benzene rings is 2. The monoisotopic (exact) mass is 415 g/mol. The van der Waals surface area contributed by atoms with Crippen LogP contribution in [0.4, 0.5) is 0 Å². The Morgan fingerprint density at radius 2 is 2.00 bits per heavy atom. The van der Waals surface area contributed by atoms with Gasteiger partial charge in [0.05, 0.1) is 22.6 Å². The number of ether oxygens (including phenoxy) is 1. The summed E-state index contributed by atoms with van der Waals surface area (Å²) in [6, 6.07) is 11.8. The summed E-state index contributed by atoms with van der Waals surface area (Å²) < 4.78 is 11.7. The van der Waals surface area contributed by atoms with Crippen molar-refractivity contribution in [3.05, 3.63) is 63.3 Å². The van der Waals surface area contributed by atoms with Gasteiger partial charge in [0, 0.05) is 12.6 Å². The van der Waals surface area contributed by atoms with E-state index in [0.29, 0.717) is 39.5 Å². The average molecular weight is 416 g/mol. The van der Waals surface area contributed by atoms with E-state index >= 15 is 0 Å². The molecule has 0 saturated heterocycles. The highest BCUT2D eigenvalue weighted by Gasteiger charge is 2.14. The van der Waals surface area contributed by atoms with Gasteiger partial charge in [-0.2, -0.15) is 0 Å². The molecule has 0 radical (unpaired) electrons. The van der Waals surface area contributed by atoms with Gasteiger partial charge in [0.25, 0.3) is 0 Å². The maximum Gasteiger partial charge on any atom is 0.394 e. The van der Waals surface area contributed by atoms with Crippen LogP contribution in [-0.2, 0) is 9.59 Å². The van der Waals surface area contributed by atoms with Crippen LogP contribution >= 0.6 is 11.6 Å². The molecule has 1 amide bonds.